The van der Waals surface area contributed by atoms with Crippen LogP contribution in [-0.2, 0) is 10.0 Å². The van der Waals surface area contributed by atoms with Crippen molar-refractivity contribution in [3.05, 3.63) is 29.6 Å². The summed E-state index contributed by atoms with van der Waals surface area (Å²) in [5.41, 5.74) is 1.51. The number of anilines is 1. The molecule has 6 nitrogen and oxygen atoms in total. The van der Waals surface area contributed by atoms with Gasteiger partial charge in [-0.1, -0.05) is 12.1 Å². The molecule has 1 aromatic carbocycles. The van der Waals surface area contributed by atoms with Gasteiger partial charge in [0.05, 0.1) is 11.9 Å². The first-order valence-electron chi connectivity index (χ1n) is 8.36. The largest absolute Gasteiger partial charge is 0.507 e. The summed E-state index contributed by atoms with van der Waals surface area (Å²) in [7, 11) is -3.11. The van der Waals surface area contributed by atoms with E-state index in [0.29, 0.717) is 18.5 Å². The molecule has 25 heavy (non-hydrogen) atoms. The number of phenolic OH excluding ortho intramolecular Hbond substituents is 1. The maximum atomic E-state index is 11.2. The van der Waals surface area contributed by atoms with Crippen molar-refractivity contribution in [2.75, 3.05) is 18.1 Å². The Kier molecular flexibility index (Phi) is 5.61. The molecule has 8 heteroatoms. The number of aromatic hydroxyl groups is 1. The Bertz CT molecular complexity index is 812. The zero-order chi connectivity index (χ0) is 17.9. The Morgan fingerprint density at radius 1 is 1.24 bits per heavy atom. The fourth-order valence-corrected chi connectivity index (χ4v) is 4.44. The highest BCUT2D eigenvalue weighted by molar-refractivity contribution is 7.88. The van der Waals surface area contributed by atoms with E-state index in [2.05, 4.69) is 15.0 Å². The highest BCUT2D eigenvalue weighted by Crippen LogP contribution is 2.33. The first kappa shape index (κ1) is 18.2. The summed E-state index contributed by atoms with van der Waals surface area (Å²) in [6.07, 6.45) is 5.20. The van der Waals surface area contributed by atoms with E-state index in [1.165, 1.54) is 17.6 Å². The molecule has 0 amide bonds. The summed E-state index contributed by atoms with van der Waals surface area (Å²) in [5.74, 6) is 0.638. The quantitative estimate of drug-likeness (QED) is 0.715. The highest BCUT2D eigenvalue weighted by atomic mass is 32.2. The Morgan fingerprint density at radius 2 is 1.96 bits per heavy atom. The molecule has 2 aromatic rings. The molecule has 1 aliphatic rings. The maximum absolute atomic E-state index is 11.2. The van der Waals surface area contributed by atoms with Gasteiger partial charge in [-0.05, 0) is 43.7 Å². The summed E-state index contributed by atoms with van der Waals surface area (Å²) in [4.78, 5) is 4.58. The summed E-state index contributed by atoms with van der Waals surface area (Å²) < 4.78 is 24.9. The molecule has 0 atom stereocenters. The van der Waals surface area contributed by atoms with Crippen molar-refractivity contribution in [3.63, 3.8) is 0 Å². The number of sulfonamides is 1. The normalized spacial score (nSPS) is 21.2. The third-order valence-electron chi connectivity index (χ3n) is 4.49. The molecule has 3 rings (SSSR count). The number of benzene rings is 1. The van der Waals surface area contributed by atoms with Gasteiger partial charge in [0.1, 0.15) is 5.75 Å². The SMILES string of the molecule is CS(=O)(=O)NC[C@H]1CC[C@H](Nc2nc(-c3ccccc3O)cs2)CC1. The van der Waals surface area contributed by atoms with Crippen molar-refractivity contribution in [3.8, 4) is 17.0 Å². The molecule has 0 saturated heterocycles. The lowest BCUT2D eigenvalue weighted by atomic mass is 9.86. The van der Waals surface area contributed by atoms with Gasteiger partial charge in [0.2, 0.25) is 10.0 Å². The number of rotatable bonds is 6. The average molecular weight is 382 g/mol. The smallest absolute Gasteiger partial charge is 0.208 e. The maximum Gasteiger partial charge on any atom is 0.208 e. The van der Waals surface area contributed by atoms with Gasteiger partial charge in [-0.15, -0.1) is 11.3 Å². The van der Waals surface area contributed by atoms with Crippen molar-refractivity contribution in [1.29, 1.82) is 0 Å². The van der Waals surface area contributed by atoms with E-state index < -0.39 is 10.0 Å². The minimum Gasteiger partial charge on any atom is -0.507 e. The van der Waals surface area contributed by atoms with Crippen LogP contribution < -0.4 is 10.0 Å². The van der Waals surface area contributed by atoms with Crippen LogP contribution in [0.5, 0.6) is 5.75 Å². The molecule has 136 valence electrons. The third-order valence-corrected chi connectivity index (χ3v) is 5.96. The molecule has 3 N–H and O–H groups in total. The second-order valence-electron chi connectivity index (χ2n) is 6.54. The molecular weight excluding hydrogens is 358 g/mol. The molecule has 1 fully saturated rings. The van der Waals surface area contributed by atoms with Gasteiger partial charge in [-0.2, -0.15) is 0 Å². The van der Waals surface area contributed by atoms with Gasteiger partial charge < -0.3 is 10.4 Å². The van der Waals surface area contributed by atoms with Crippen molar-refractivity contribution >= 4 is 26.5 Å². The van der Waals surface area contributed by atoms with E-state index in [1.54, 1.807) is 12.1 Å². The number of hydrogen-bond donors (Lipinski definition) is 3. The summed E-state index contributed by atoms with van der Waals surface area (Å²) in [5, 5.41) is 16.2. The van der Waals surface area contributed by atoms with Crippen LogP contribution in [0.2, 0.25) is 0 Å². The number of nitrogens with zero attached hydrogens (tertiary/aromatic N) is 1. The van der Waals surface area contributed by atoms with Crippen molar-refractivity contribution in [2.45, 2.75) is 31.7 Å². The zero-order valence-electron chi connectivity index (χ0n) is 14.1. The predicted molar refractivity (Wildman–Crippen MR) is 101 cm³/mol. The van der Waals surface area contributed by atoms with Gasteiger partial charge in [0, 0.05) is 23.5 Å². The number of thiazole rings is 1. The summed E-state index contributed by atoms with van der Waals surface area (Å²) >= 11 is 1.54. The number of phenols is 1. The molecular formula is C17H23N3O3S2. The highest BCUT2D eigenvalue weighted by Gasteiger charge is 2.22. The lowest BCUT2D eigenvalue weighted by molar-refractivity contribution is 0.337. The fraction of sp³-hybridized carbons (Fsp3) is 0.471. The van der Waals surface area contributed by atoms with E-state index >= 15 is 0 Å². The van der Waals surface area contributed by atoms with Crippen LogP contribution in [0.4, 0.5) is 5.13 Å². The molecule has 1 saturated carbocycles. The minimum absolute atomic E-state index is 0.234. The fourth-order valence-electron chi connectivity index (χ4n) is 3.11. The van der Waals surface area contributed by atoms with Crippen LogP contribution >= 0.6 is 11.3 Å². The second-order valence-corrected chi connectivity index (χ2v) is 9.23. The first-order chi connectivity index (χ1) is 11.9. The topological polar surface area (TPSA) is 91.3 Å². The molecule has 1 heterocycles. The lowest BCUT2D eigenvalue weighted by Crippen LogP contribution is -2.33. The van der Waals surface area contributed by atoms with E-state index in [4.69, 9.17) is 0 Å². The lowest BCUT2D eigenvalue weighted by Gasteiger charge is -2.28. The predicted octanol–water partition coefficient (Wildman–Crippen LogP) is 3.04. The summed E-state index contributed by atoms with van der Waals surface area (Å²) in [6.45, 7) is 0.528. The van der Waals surface area contributed by atoms with Crippen LogP contribution in [0, 0.1) is 5.92 Å². The van der Waals surface area contributed by atoms with Gasteiger partial charge in [-0.3, -0.25) is 0 Å². The van der Waals surface area contributed by atoms with E-state index in [9.17, 15) is 13.5 Å². The Hall–Kier alpha value is -1.64. The molecule has 0 bridgehead atoms. The van der Waals surface area contributed by atoms with Crippen LogP contribution in [0.15, 0.2) is 29.6 Å². The number of hydrogen-bond acceptors (Lipinski definition) is 6. The van der Waals surface area contributed by atoms with Gasteiger partial charge in [0.25, 0.3) is 0 Å². The number of aromatic nitrogens is 1. The standard InChI is InChI=1S/C17H23N3O3S2/c1-25(22,23)18-10-12-6-8-13(9-7-12)19-17-20-15(11-24-17)14-4-2-3-5-16(14)21/h2-5,11-13,18,21H,6-10H2,1H3,(H,19,20)/t12-,13-. The van der Waals surface area contributed by atoms with Gasteiger partial charge in [0.15, 0.2) is 5.13 Å². The molecule has 0 unspecified atom stereocenters. The van der Waals surface area contributed by atoms with Gasteiger partial charge >= 0.3 is 0 Å². The minimum atomic E-state index is -3.11. The molecule has 0 aliphatic heterocycles. The molecule has 0 radical (unpaired) electrons. The van der Waals surface area contributed by atoms with E-state index in [0.717, 1.165) is 42.1 Å². The van der Waals surface area contributed by atoms with E-state index in [-0.39, 0.29) is 5.75 Å². The molecule has 0 spiro atoms. The second kappa shape index (κ2) is 7.72. The Balaban J connectivity index is 1.52. The van der Waals surface area contributed by atoms with Crippen molar-refractivity contribution in [2.24, 2.45) is 5.92 Å². The van der Waals surface area contributed by atoms with Crippen molar-refractivity contribution in [1.82, 2.24) is 9.71 Å². The monoisotopic (exact) mass is 381 g/mol. The summed E-state index contributed by atoms with van der Waals surface area (Å²) in [6, 6.07) is 7.55. The number of para-hydroxylation sites is 1. The average Bonchev–Trinajstić information content (AvgIpc) is 3.02. The van der Waals surface area contributed by atoms with Gasteiger partial charge in [-0.25, -0.2) is 18.1 Å². The van der Waals surface area contributed by atoms with Crippen LogP contribution in [0.25, 0.3) is 11.3 Å². The number of nitrogens with one attached hydrogen (secondary N) is 2. The van der Waals surface area contributed by atoms with Crippen LogP contribution in [-0.4, -0.2) is 37.4 Å². The third kappa shape index (κ3) is 5.17. The zero-order valence-corrected chi connectivity index (χ0v) is 15.7. The van der Waals surface area contributed by atoms with Crippen molar-refractivity contribution < 1.29 is 13.5 Å². The van der Waals surface area contributed by atoms with Crippen LogP contribution in [0.3, 0.4) is 0 Å². The Labute approximate surface area is 152 Å². The van der Waals surface area contributed by atoms with Crippen LogP contribution in [0.1, 0.15) is 25.7 Å². The van der Waals surface area contributed by atoms with E-state index in [1.807, 2.05) is 17.5 Å². The molecule has 1 aromatic heterocycles. The molecule has 1 aliphatic carbocycles. The first-order valence-corrected chi connectivity index (χ1v) is 11.1. The Morgan fingerprint density at radius 3 is 2.64 bits per heavy atom.